The number of fused-ring (bicyclic) bond motifs is 3. The van der Waals surface area contributed by atoms with Crippen molar-refractivity contribution in [2.75, 3.05) is 5.32 Å². The number of rotatable bonds is 1. The largest absolute Gasteiger partial charge is 0.375 e. The molecule has 0 saturated carbocycles. The lowest BCUT2D eigenvalue weighted by molar-refractivity contribution is -0.0160. The van der Waals surface area contributed by atoms with Gasteiger partial charge in [0.25, 0.3) is 0 Å². The Morgan fingerprint density at radius 3 is 2.95 bits per heavy atom. The summed E-state index contributed by atoms with van der Waals surface area (Å²) >= 11 is 5.89. The van der Waals surface area contributed by atoms with Gasteiger partial charge in [-0.2, -0.15) is 0 Å². The molecule has 19 heavy (non-hydrogen) atoms. The van der Waals surface area contributed by atoms with Crippen molar-refractivity contribution in [3.05, 3.63) is 16.2 Å². The molecule has 0 aliphatic carbocycles. The second-order valence-electron chi connectivity index (χ2n) is 5.32. The Balaban J connectivity index is 1.74. The summed E-state index contributed by atoms with van der Waals surface area (Å²) in [6, 6.07) is 0.0835. The van der Waals surface area contributed by atoms with Gasteiger partial charge in [-0.15, -0.1) is 0 Å². The van der Waals surface area contributed by atoms with Gasteiger partial charge in [0.1, 0.15) is 11.5 Å². The predicted octanol–water partition coefficient (Wildman–Crippen LogP) is 1.43. The van der Waals surface area contributed by atoms with Gasteiger partial charge in [0.2, 0.25) is 0 Å². The predicted molar refractivity (Wildman–Crippen MR) is 72.1 cm³/mol. The number of ether oxygens (including phenoxy) is 1. The van der Waals surface area contributed by atoms with E-state index in [0.717, 1.165) is 25.7 Å². The van der Waals surface area contributed by atoms with E-state index in [1.807, 2.05) is 0 Å². The third-order valence-electron chi connectivity index (χ3n) is 4.12. The molecular weight excluding hydrogens is 268 g/mol. The normalized spacial score (nSPS) is 40.7. The van der Waals surface area contributed by atoms with Crippen LogP contribution in [0.2, 0.25) is 0 Å². The van der Waals surface area contributed by atoms with E-state index in [9.17, 15) is 4.79 Å². The molecule has 0 spiro atoms. The van der Waals surface area contributed by atoms with Crippen molar-refractivity contribution in [2.24, 2.45) is 4.99 Å². The molecule has 4 atom stereocenters. The smallest absolute Gasteiger partial charge is 0.327 e. The van der Waals surface area contributed by atoms with Crippen LogP contribution >= 0.6 is 11.6 Å². The molecule has 3 aliphatic heterocycles. The lowest BCUT2D eigenvalue weighted by Crippen LogP contribution is -2.33. The van der Waals surface area contributed by atoms with Crippen LogP contribution in [0, 0.1) is 0 Å². The molecule has 0 aromatic carbocycles. The average molecular weight is 284 g/mol. The number of alkyl halides is 1. The van der Waals surface area contributed by atoms with Crippen molar-refractivity contribution in [3.8, 4) is 0 Å². The number of imidazole rings is 1. The van der Waals surface area contributed by atoms with Crippen molar-refractivity contribution < 1.29 is 6.11 Å². The summed E-state index contributed by atoms with van der Waals surface area (Å²) in [6.07, 6.45) is 5.71. The van der Waals surface area contributed by atoms with Gasteiger partial charge in [-0.1, -0.05) is 11.6 Å². The lowest BCUT2D eigenvalue weighted by Gasteiger charge is -2.30. The Labute approximate surface area is 116 Å². The molecular formula is C12H15ClN4O2. The number of aromatic amines is 1. The molecule has 4 heterocycles. The highest BCUT2D eigenvalue weighted by molar-refractivity contribution is 6.22. The zero-order chi connectivity index (χ0) is 13.9. The number of nitrogens with zero attached hydrogens (tertiary/aromatic N) is 2. The maximum absolute atomic E-state index is 12.2. The molecule has 2 fully saturated rings. The van der Waals surface area contributed by atoms with Crippen LogP contribution in [0.4, 0.5) is 5.82 Å². The number of aliphatic imine (C=N–C) groups is 1. The highest BCUT2D eigenvalue weighted by Gasteiger charge is 2.37. The van der Waals surface area contributed by atoms with E-state index in [0.29, 0.717) is 11.5 Å². The number of nitrogens with one attached hydrogen (secondary N) is 2. The monoisotopic (exact) mass is 283 g/mol. The second kappa shape index (κ2) is 4.11. The van der Waals surface area contributed by atoms with Gasteiger partial charge in [0.05, 0.1) is 19.8 Å². The fourth-order valence-electron chi connectivity index (χ4n) is 3.33. The van der Waals surface area contributed by atoms with E-state index >= 15 is 0 Å². The van der Waals surface area contributed by atoms with Crippen LogP contribution in [0.3, 0.4) is 0 Å². The molecule has 1 aromatic rings. The van der Waals surface area contributed by atoms with Crippen molar-refractivity contribution >= 4 is 23.6 Å². The molecule has 4 rings (SSSR count). The van der Waals surface area contributed by atoms with Crippen molar-refractivity contribution in [3.63, 3.8) is 0 Å². The van der Waals surface area contributed by atoms with Crippen LogP contribution in [0.1, 0.15) is 38.8 Å². The third-order valence-corrected chi connectivity index (χ3v) is 4.31. The Bertz CT molecular complexity index is 626. The van der Waals surface area contributed by atoms with Gasteiger partial charge in [-0.3, -0.25) is 9.56 Å². The van der Waals surface area contributed by atoms with E-state index in [-0.39, 0.29) is 23.9 Å². The maximum atomic E-state index is 12.2. The summed E-state index contributed by atoms with van der Waals surface area (Å²) in [4.78, 5) is 18.8. The summed E-state index contributed by atoms with van der Waals surface area (Å²) in [6.45, 7) is 0. The summed E-state index contributed by atoms with van der Waals surface area (Å²) in [5.41, 5.74) is -1.25. The molecule has 2 bridgehead atoms. The zero-order valence-corrected chi connectivity index (χ0v) is 11.0. The SMILES string of the molecule is [2H]C1(Cl)N=Cc2[nH]c(=O)n(C3C[C@H]4CC[C@@H](C3)O4)c2N1. The van der Waals surface area contributed by atoms with E-state index in [1.165, 1.54) is 6.21 Å². The number of aromatic nitrogens is 2. The minimum absolute atomic E-state index is 0.0835. The molecule has 0 radical (unpaired) electrons. The number of hydrogen-bond acceptors (Lipinski definition) is 4. The van der Waals surface area contributed by atoms with E-state index in [2.05, 4.69) is 15.3 Å². The Morgan fingerprint density at radius 2 is 2.21 bits per heavy atom. The number of H-pyrrole nitrogens is 1. The van der Waals surface area contributed by atoms with Crippen LogP contribution in [0.25, 0.3) is 0 Å². The summed E-state index contributed by atoms with van der Waals surface area (Å²) < 4.78 is 15.3. The first-order valence-electron chi connectivity index (χ1n) is 7.04. The molecule has 2 saturated heterocycles. The number of hydrogen-bond donors (Lipinski definition) is 2. The van der Waals surface area contributed by atoms with Gasteiger partial charge >= 0.3 is 5.69 Å². The summed E-state index contributed by atoms with van der Waals surface area (Å²) in [5, 5.41) is 2.80. The molecule has 7 heteroatoms. The van der Waals surface area contributed by atoms with Crippen LogP contribution in [0.5, 0.6) is 0 Å². The first kappa shape index (κ1) is 10.5. The van der Waals surface area contributed by atoms with Gasteiger partial charge < -0.3 is 15.0 Å². The van der Waals surface area contributed by atoms with Crippen LogP contribution in [-0.2, 0) is 4.74 Å². The van der Waals surface area contributed by atoms with Gasteiger partial charge in [0, 0.05) is 6.04 Å². The fourth-order valence-corrected chi connectivity index (χ4v) is 3.47. The molecule has 3 aliphatic rings. The van der Waals surface area contributed by atoms with E-state index in [1.54, 1.807) is 4.57 Å². The van der Waals surface area contributed by atoms with Gasteiger partial charge in [-0.05, 0) is 25.7 Å². The zero-order valence-electron chi connectivity index (χ0n) is 11.2. The quantitative estimate of drug-likeness (QED) is 0.605. The topological polar surface area (TPSA) is 71.4 Å². The van der Waals surface area contributed by atoms with Crippen molar-refractivity contribution in [2.45, 2.75) is 49.5 Å². The maximum Gasteiger partial charge on any atom is 0.327 e. The van der Waals surface area contributed by atoms with E-state index in [4.69, 9.17) is 17.7 Å². The molecule has 102 valence electrons. The first-order valence-corrected chi connectivity index (χ1v) is 6.92. The highest BCUT2D eigenvalue weighted by atomic mass is 35.5. The molecule has 0 amide bonds. The van der Waals surface area contributed by atoms with Gasteiger partial charge in [-0.25, -0.2) is 4.79 Å². The first-order chi connectivity index (χ1) is 9.52. The third kappa shape index (κ3) is 1.81. The van der Waals surface area contributed by atoms with Crippen LogP contribution in [-0.4, -0.2) is 33.6 Å². The fraction of sp³-hybridized carbons (Fsp3) is 0.667. The highest BCUT2D eigenvalue weighted by Crippen LogP contribution is 2.39. The van der Waals surface area contributed by atoms with Crippen molar-refractivity contribution in [1.29, 1.82) is 0 Å². The molecule has 2 unspecified atom stereocenters. The van der Waals surface area contributed by atoms with Crippen molar-refractivity contribution in [1.82, 2.24) is 9.55 Å². The minimum Gasteiger partial charge on any atom is -0.375 e. The second-order valence-corrected chi connectivity index (χ2v) is 5.68. The summed E-state index contributed by atoms with van der Waals surface area (Å²) in [7, 11) is 0. The standard InChI is InChI=1S/C12H15ClN4O2/c13-11-14-5-9-10(16-11)17(12(18)15-9)6-3-7-1-2-8(4-6)19-7/h5-8,11,16H,1-4H2,(H,15,18)/t6?,7-,8+,11?/i11D. The molecule has 6 nitrogen and oxygen atoms in total. The van der Waals surface area contributed by atoms with Gasteiger partial charge in [0.15, 0.2) is 5.60 Å². The Morgan fingerprint density at radius 1 is 1.47 bits per heavy atom. The Hall–Kier alpha value is -1.27. The Kier molecular flexibility index (Phi) is 2.27. The average Bonchev–Trinajstić information content (AvgIpc) is 2.87. The lowest BCUT2D eigenvalue weighted by atomic mass is 10.0. The van der Waals surface area contributed by atoms with Crippen LogP contribution < -0.4 is 11.0 Å². The summed E-state index contributed by atoms with van der Waals surface area (Å²) in [5.74, 6) is 0.557. The minimum atomic E-state index is -1.65. The molecule has 2 N–H and O–H groups in total. The number of anilines is 1. The van der Waals surface area contributed by atoms with Crippen LogP contribution in [0.15, 0.2) is 9.79 Å². The number of halogens is 1. The van der Waals surface area contributed by atoms with E-state index < -0.39 is 5.60 Å². The molecule has 1 aromatic heterocycles.